The Morgan fingerprint density at radius 1 is 1.19 bits per heavy atom. The van der Waals surface area contributed by atoms with Crippen LogP contribution in [0.25, 0.3) is 0 Å². The van der Waals surface area contributed by atoms with E-state index in [-0.39, 0.29) is 32.7 Å². The van der Waals surface area contributed by atoms with Crippen molar-refractivity contribution >= 4 is 46.2 Å². The summed E-state index contributed by atoms with van der Waals surface area (Å²) in [5.74, 6) is -1.29. The fourth-order valence-electron chi connectivity index (χ4n) is 1.74. The highest BCUT2D eigenvalue weighted by molar-refractivity contribution is 6.43. The monoisotopic (exact) mass is 326 g/mol. The third kappa shape index (κ3) is 3.07. The molecule has 0 heterocycles. The van der Waals surface area contributed by atoms with E-state index in [1.54, 1.807) is 12.1 Å². The van der Waals surface area contributed by atoms with Gasteiger partial charge >= 0.3 is 5.97 Å². The molecule has 0 fully saturated rings. The van der Waals surface area contributed by atoms with E-state index in [1.807, 2.05) is 0 Å². The number of carboxylic acids is 1. The minimum absolute atomic E-state index is 0.147. The molecule has 0 atom stereocenters. The van der Waals surface area contributed by atoms with Crippen molar-refractivity contribution in [3.8, 4) is 0 Å². The number of aromatic carboxylic acids is 1. The van der Waals surface area contributed by atoms with E-state index < -0.39 is 10.9 Å². The van der Waals surface area contributed by atoms with Crippen LogP contribution in [-0.2, 0) is 0 Å². The van der Waals surface area contributed by atoms with Crippen molar-refractivity contribution in [3.63, 3.8) is 0 Å². The lowest BCUT2D eigenvalue weighted by Crippen LogP contribution is -2.06. The summed E-state index contributed by atoms with van der Waals surface area (Å²) in [4.78, 5) is 21.6. The fraction of sp³-hybridized carbons (Fsp3) is 0. The highest BCUT2D eigenvalue weighted by atomic mass is 35.5. The molecule has 2 aromatic carbocycles. The average molecular weight is 327 g/mol. The summed E-state index contributed by atoms with van der Waals surface area (Å²) in [6.45, 7) is 0. The van der Waals surface area contributed by atoms with Crippen LogP contribution in [0.3, 0.4) is 0 Å². The van der Waals surface area contributed by atoms with E-state index in [4.69, 9.17) is 28.3 Å². The Morgan fingerprint density at radius 3 is 2.48 bits per heavy atom. The van der Waals surface area contributed by atoms with Gasteiger partial charge in [0.25, 0.3) is 5.69 Å². The van der Waals surface area contributed by atoms with Gasteiger partial charge in [0.05, 0.1) is 26.2 Å². The highest BCUT2D eigenvalue weighted by Crippen LogP contribution is 2.36. The number of carbonyl (C=O) groups is 1. The summed E-state index contributed by atoms with van der Waals surface area (Å²) in [5.41, 5.74) is -0.480. The number of carboxylic acid groups (broad SMARTS) is 1. The largest absolute Gasteiger partial charge is 0.478 e. The van der Waals surface area contributed by atoms with E-state index in [0.717, 1.165) is 0 Å². The maximum atomic E-state index is 11.2. The Balaban J connectivity index is 2.59. The molecule has 0 aliphatic carbocycles. The number of rotatable bonds is 4. The van der Waals surface area contributed by atoms with E-state index in [0.29, 0.717) is 0 Å². The Hall–Kier alpha value is -2.31. The smallest absolute Gasteiger partial charge is 0.338 e. The van der Waals surface area contributed by atoms with Gasteiger partial charge in [-0.2, -0.15) is 0 Å². The minimum atomic E-state index is -1.29. The standard InChI is InChI=1S/C13H8Cl2N2O4/c14-8-4-2-5-9(11(8)15)16-12-7(13(18)19)3-1-6-10(12)17(20)21/h1-6,16H,(H,18,19). The lowest BCUT2D eigenvalue weighted by atomic mass is 10.1. The molecule has 0 saturated heterocycles. The number of para-hydroxylation sites is 1. The Bertz CT molecular complexity index is 702. The van der Waals surface area contributed by atoms with Gasteiger partial charge in [-0.25, -0.2) is 4.79 Å². The second kappa shape index (κ2) is 5.99. The van der Waals surface area contributed by atoms with Crippen molar-refractivity contribution in [2.24, 2.45) is 0 Å². The van der Waals surface area contributed by atoms with Crippen molar-refractivity contribution in [2.75, 3.05) is 5.32 Å². The summed E-state index contributed by atoms with van der Waals surface area (Å²) in [6.07, 6.45) is 0. The van der Waals surface area contributed by atoms with Crippen molar-refractivity contribution in [1.29, 1.82) is 0 Å². The van der Waals surface area contributed by atoms with Crippen LogP contribution in [0, 0.1) is 10.1 Å². The van der Waals surface area contributed by atoms with Gasteiger partial charge in [-0.3, -0.25) is 10.1 Å². The predicted molar refractivity (Wildman–Crippen MR) is 79.8 cm³/mol. The molecule has 0 bridgehead atoms. The fourth-order valence-corrected chi connectivity index (χ4v) is 2.08. The maximum Gasteiger partial charge on any atom is 0.338 e. The molecule has 6 nitrogen and oxygen atoms in total. The second-order valence-corrected chi connectivity index (χ2v) is 4.77. The lowest BCUT2D eigenvalue weighted by Gasteiger charge is -2.12. The van der Waals surface area contributed by atoms with E-state index in [9.17, 15) is 14.9 Å². The van der Waals surface area contributed by atoms with Gasteiger partial charge in [-0.15, -0.1) is 0 Å². The Morgan fingerprint density at radius 2 is 1.86 bits per heavy atom. The van der Waals surface area contributed by atoms with Gasteiger partial charge in [-0.05, 0) is 18.2 Å². The number of nitrogens with one attached hydrogen (secondary N) is 1. The third-order valence-electron chi connectivity index (χ3n) is 2.68. The summed E-state index contributed by atoms with van der Waals surface area (Å²) < 4.78 is 0. The molecule has 0 aromatic heterocycles. The van der Waals surface area contributed by atoms with Gasteiger partial charge < -0.3 is 10.4 Å². The lowest BCUT2D eigenvalue weighted by molar-refractivity contribution is -0.383. The van der Waals surface area contributed by atoms with Gasteiger partial charge in [0.2, 0.25) is 0 Å². The number of nitro benzene ring substituents is 1. The number of nitrogens with zero attached hydrogens (tertiary/aromatic N) is 1. The first-order chi connectivity index (χ1) is 9.91. The van der Waals surface area contributed by atoms with Gasteiger partial charge in [0.15, 0.2) is 0 Å². The molecular formula is C13H8Cl2N2O4. The Kier molecular flexibility index (Phi) is 4.30. The number of hydrogen-bond acceptors (Lipinski definition) is 4. The van der Waals surface area contributed by atoms with Crippen LogP contribution in [-0.4, -0.2) is 16.0 Å². The minimum Gasteiger partial charge on any atom is -0.478 e. The molecule has 108 valence electrons. The normalized spacial score (nSPS) is 10.2. The molecule has 0 aliphatic heterocycles. The zero-order valence-electron chi connectivity index (χ0n) is 10.3. The molecule has 0 radical (unpaired) electrons. The van der Waals surface area contributed by atoms with Gasteiger partial charge in [0, 0.05) is 6.07 Å². The first kappa shape index (κ1) is 15.1. The van der Waals surface area contributed by atoms with Crippen LogP contribution in [0.2, 0.25) is 10.0 Å². The SMILES string of the molecule is O=C(O)c1cccc([N+](=O)[O-])c1Nc1cccc(Cl)c1Cl. The quantitative estimate of drug-likeness (QED) is 0.643. The number of anilines is 2. The predicted octanol–water partition coefficient (Wildman–Crippen LogP) is 4.34. The van der Waals surface area contributed by atoms with Crippen LogP contribution in [0.4, 0.5) is 17.1 Å². The molecule has 2 N–H and O–H groups in total. The average Bonchev–Trinajstić information content (AvgIpc) is 2.43. The van der Waals surface area contributed by atoms with Crippen LogP contribution >= 0.6 is 23.2 Å². The van der Waals surface area contributed by atoms with Crippen molar-refractivity contribution < 1.29 is 14.8 Å². The highest BCUT2D eigenvalue weighted by Gasteiger charge is 2.22. The molecule has 8 heteroatoms. The van der Waals surface area contributed by atoms with Crippen molar-refractivity contribution in [2.45, 2.75) is 0 Å². The summed E-state index contributed by atoms with van der Waals surface area (Å²) >= 11 is 11.9. The van der Waals surface area contributed by atoms with Crippen molar-refractivity contribution in [3.05, 3.63) is 62.1 Å². The summed E-state index contributed by atoms with van der Waals surface area (Å²) in [7, 11) is 0. The number of halogens is 2. The molecule has 0 amide bonds. The number of hydrogen-bond donors (Lipinski definition) is 2. The van der Waals surface area contributed by atoms with Gasteiger partial charge in [0.1, 0.15) is 5.69 Å². The molecule has 0 unspecified atom stereocenters. The van der Waals surface area contributed by atoms with E-state index in [1.165, 1.54) is 24.3 Å². The third-order valence-corrected chi connectivity index (χ3v) is 3.50. The van der Waals surface area contributed by atoms with E-state index >= 15 is 0 Å². The van der Waals surface area contributed by atoms with Crippen LogP contribution in [0.5, 0.6) is 0 Å². The van der Waals surface area contributed by atoms with Crippen LogP contribution in [0.1, 0.15) is 10.4 Å². The summed E-state index contributed by atoms with van der Waals surface area (Å²) in [5, 5.41) is 23.3. The first-order valence-electron chi connectivity index (χ1n) is 5.63. The molecule has 2 aromatic rings. The summed E-state index contributed by atoms with van der Waals surface area (Å²) in [6, 6.07) is 8.44. The van der Waals surface area contributed by atoms with Crippen LogP contribution in [0.15, 0.2) is 36.4 Å². The topological polar surface area (TPSA) is 92.5 Å². The number of benzene rings is 2. The van der Waals surface area contributed by atoms with E-state index in [2.05, 4.69) is 5.32 Å². The van der Waals surface area contributed by atoms with Crippen molar-refractivity contribution in [1.82, 2.24) is 0 Å². The molecule has 2 rings (SSSR count). The molecule has 0 aliphatic rings. The zero-order valence-corrected chi connectivity index (χ0v) is 11.9. The molecular weight excluding hydrogens is 319 g/mol. The molecule has 0 spiro atoms. The second-order valence-electron chi connectivity index (χ2n) is 3.99. The van der Waals surface area contributed by atoms with Gasteiger partial charge in [-0.1, -0.05) is 35.3 Å². The molecule has 21 heavy (non-hydrogen) atoms. The maximum absolute atomic E-state index is 11.2. The zero-order chi connectivity index (χ0) is 15.6. The Labute approximate surface area is 129 Å². The molecule has 0 saturated carbocycles. The first-order valence-corrected chi connectivity index (χ1v) is 6.39. The van der Waals surface area contributed by atoms with Crippen LogP contribution < -0.4 is 5.32 Å². The number of nitro groups is 1.